The fourth-order valence-electron chi connectivity index (χ4n) is 3.24. The molecule has 0 aliphatic rings. The summed E-state index contributed by atoms with van der Waals surface area (Å²) >= 11 is 1.26. The first-order valence-corrected chi connectivity index (χ1v) is 12.6. The first kappa shape index (κ1) is 24.2. The number of rotatable bonds is 8. The van der Waals surface area contributed by atoms with Crippen LogP contribution in [0.25, 0.3) is 10.6 Å². The van der Waals surface area contributed by atoms with Gasteiger partial charge in [0.15, 0.2) is 11.5 Å². The van der Waals surface area contributed by atoms with Crippen molar-refractivity contribution in [3.8, 4) is 22.1 Å². The maximum atomic E-state index is 13.1. The fraction of sp³-hybridized carbons (Fsp3) is 0.125. The lowest BCUT2D eigenvalue weighted by molar-refractivity contribution is 0.102. The van der Waals surface area contributed by atoms with Crippen molar-refractivity contribution < 1.29 is 22.7 Å². The lowest BCUT2D eigenvalue weighted by atomic mass is 10.2. The third-order valence-corrected chi connectivity index (χ3v) is 7.84. The summed E-state index contributed by atoms with van der Waals surface area (Å²) in [6.07, 6.45) is 0. The summed E-state index contributed by atoms with van der Waals surface area (Å²) in [5.41, 5.74) is 1.65. The molecule has 35 heavy (non-hydrogen) atoms. The van der Waals surface area contributed by atoms with Crippen LogP contribution >= 0.6 is 11.3 Å². The smallest absolute Gasteiger partial charge is 0.264 e. The number of carbonyl (C=O) groups is 1. The molecule has 1 amide bonds. The van der Waals surface area contributed by atoms with E-state index in [1.165, 1.54) is 50.8 Å². The minimum absolute atomic E-state index is 0.0463. The second-order valence-corrected chi connectivity index (χ2v) is 10.2. The maximum absolute atomic E-state index is 13.1. The van der Waals surface area contributed by atoms with Gasteiger partial charge >= 0.3 is 0 Å². The van der Waals surface area contributed by atoms with Gasteiger partial charge in [-0.3, -0.25) is 14.4 Å². The van der Waals surface area contributed by atoms with Gasteiger partial charge in [0.2, 0.25) is 5.13 Å². The molecule has 0 aliphatic carbocycles. The highest BCUT2D eigenvalue weighted by atomic mass is 32.2. The number of nitrogens with zero attached hydrogens (tertiary/aromatic N) is 3. The molecule has 0 atom stereocenters. The van der Waals surface area contributed by atoms with E-state index in [0.29, 0.717) is 32.9 Å². The number of amides is 1. The van der Waals surface area contributed by atoms with Crippen LogP contribution in [0.2, 0.25) is 0 Å². The van der Waals surface area contributed by atoms with Gasteiger partial charge in [0.25, 0.3) is 15.9 Å². The van der Waals surface area contributed by atoms with Crippen molar-refractivity contribution in [3.05, 3.63) is 78.4 Å². The number of nitrogens with one attached hydrogen (secondary N) is 1. The normalized spacial score (nSPS) is 11.1. The molecule has 4 aromatic rings. The van der Waals surface area contributed by atoms with E-state index in [1.54, 1.807) is 24.3 Å². The van der Waals surface area contributed by atoms with Gasteiger partial charge in [-0.25, -0.2) is 8.42 Å². The number of hydrogen-bond donors (Lipinski definition) is 1. The van der Waals surface area contributed by atoms with Crippen molar-refractivity contribution in [2.24, 2.45) is 0 Å². The highest BCUT2D eigenvalue weighted by Crippen LogP contribution is 2.32. The fourth-order valence-corrected chi connectivity index (χ4v) is 5.19. The molecule has 1 heterocycles. The molecule has 0 spiro atoms. The minimum Gasteiger partial charge on any atom is -0.493 e. The van der Waals surface area contributed by atoms with Crippen molar-refractivity contribution >= 4 is 38.1 Å². The van der Waals surface area contributed by atoms with E-state index in [2.05, 4.69) is 15.5 Å². The summed E-state index contributed by atoms with van der Waals surface area (Å²) in [7, 11) is 0.475. The maximum Gasteiger partial charge on any atom is 0.264 e. The van der Waals surface area contributed by atoms with Crippen molar-refractivity contribution in [3.63, 3.8) is 0 Å². The molecule has 0 unspecified atom stereocenters. The molecule has 0 saturated heterocycles. The molecular formula is C24H22N4O5S2. The molecule has 3 aromatic carbocycles. The molecule has 1 aromatic heterocycles. The van der Waals surface area contributed by atoms with E-state index in [1.807, 2.05) is 30.3 Å². The monoisotopic (exact) mass is 510 g/mol. The van der Waals surface area contributed by atoms with Gasteiger partial charge in [0.05, 0.1) is 24.8 Å². The topological polar surface area (TPSA) is 111 Å². The second-order valence-electron chi connectivity index (χ2n) is 7.27. The first-order chi connectivity index (χ1) is 16.8. The Labute approximate surface area is 207 Å². The summed E-state index contributed by atoms with van der Waals surface area (Å²) in [4.78, 5) is 12.7. The average Bonchev–Trinajstić information content (AvgIpc) is 3.36. The molecular weight excluding hydrogens is 488 g/mol. The van der Waals surface area contributed by atoms with E-state index in [-0.39, 0.29) is 10.8 Å². The molecule has 1 N–H and O–H groups in total. The molecule has 4 rings (SSSR count). The van der Waals surface area contributed by atoms with Crippen LogP contribution < -0.4 is 19.1 Å². The predicted molar refractivity (Wildman–Crippen MR) is 135 cm³/mol. The number of hydrogen-bond acceptors (Lipinski definition) is 8. The lowest BCUT2D eigenvalue weighted by Crippen LogP contribution is -2.26. The number of anilines is 2. The molecule has 0 saturated carbocycles. The summed E-state index contributed by atoms with van der Waals surface area (Å²) < 4.78 is 37.7. The van der Waals surface area contributed by atoms with E-state index < -0.39 is 10.0 Å². The average molecular weight is 511 g/mol. The quantitative estimate of drug-likeness (QED) is 0.376. The van der Waals surface area contributed by atoms with Crippen molar-refractivity contribution in [2.45, 2.75) is 4.90 Å². The van der Waals surface area contributed by atoms with Gasteiger partial charge in [-0.2, -0.15) is 0 Å². The molecule has 0 fully saturated rings. The van der Waals surface area contributed by atoms with Crippen LogP contribution in [-0.4, -0.2) is 45.8 Å². The summed E-state index contributed by atoms with van der Waals surface area (Å²) in [6.45, 7) is 0. The zero-order valence-corrected chi connectivity index (χ0v) is 20.8. The Kier molecular flexibility index (Phi) is 6.99. The third-order valence-electron chi connectivity index (χ3n) is 5.17. The Bertz CT molecular complexity index is 1440. The van der Waals surface area contributed by atoms with E-state index >= 15 is 0 Å². The Morgan fingerprint density at radius 3 is 2.26 bits per heavy atom. The van der Waals surface area contributed by atoms with Crippen LogP contribution in [0.3, 0.4) is 0 Å². The van der Waals surface area contributed by atoms with Gasteiger partial charge in [0, 0.05) is 24.2 Å². The molecule has 0 aliphatic heterocycles. The predicted octanol–water partition coefficient (Wildman–Crippen LogP) is 4.30. The van der Waals surface area contributed by atoms with E-state index in [9.17, 15) is 13.2 Å². The summed E-state index contributed by atoms with van der Waals surface area (Å²) in [6, 6.07) is 20.1. The van der Waals surface area contributed by atoms with Crippen molar-refractivity contribution in [2.75, 3.05) is 30.9 Å². The number of sulfonamides is 1. The largest absolute Gasteiger partial charge is 0.493 e. The van der Waals surface area contributed by atoms with Crippen LogP contribution in [0.5, 0.6) is 11.5 Å². The number of benzene rings is 3. The first-order valence-electron chi connectivity index (χ1n) is 10.3. The molecule has 11 heteroatoms. The third kappa shape index (κ3) is 5.10. The zero-order valence-electron chi connectivity index (χ0n) is 19.1. The van der Waals surface area contributed by atoms with E-state index in [0.717, 1.165) is 9.87 Å². The number of aromatic nitrogens is 2. The highest BCUT2D eigenvalue weighted by Gasteiger charge is 2.23. The standard InChI is InChI=1S/C24H22N4O5S2/c1-28(35(30,31)19-13-14-20(32-2)21(15-19)33-3)18-11-9-16(10-12-18)22(29)25-24-27-26-23(34-24)17-7-5-4-6-8-17/h4-15H,1-3H3,(H,25,27,29). The number of carbonyl (C=O) groups excluding carboxylic acids is 1. The van der Waals surface area contributed by atoms with Gasteiger partial charge in [-0.15, -0.1) is 10.2 Å². The van der Waals surface area contributed by atoms with Gasteiger partial charge in [-0.05, 0) is 36.4 Å². The highest BCUT2D eigenvalue weighted by molar-refractivity contribution is 7.92. The Balaban J connectivity index is 1.48. The van der Waals surface area contributed by atoms with E-state index in [4.69, 9.17) is 9.47 Å². The van der Waals surface area contributed by atoms with Gasteiger partial charge in [0.1, 0.15) is 5.01 Å². The molecule has 0 radical (unpaired) electrons. The van der Waals surface area contributed by atoms with Crippen molar-refractivity contribution in [1.82, 2.24) is 10.2 Å². The number of methoxy groups -OCH3 is 2. The SMILES string of the molecule is COc1ccc(S(=O)(=O)N(C)c2ccc(C(=O)Nc3nnc(-c4ccccc4)s3)cc2)cc1OC. The Morgan fingerprint density at radius 1 is 0.914 bits per heavy atom. The van der Waals surface area contributed by atoms with Crippen LogP contribution in [0.15, 0.2) is 77.7 Å². The van der Waals surface area contributed by atoms with Crippen molar-refractivity contribution in [1.29, 1.82) is 0 Å². The van der Waals surface area contributed by atoms with Crippen LogP contribution in [0, 0.1) is 0 Å². The molecule has 0 bridgehead atoms. The second kappa shape index (κ2) is 10.1. The summed E-state index contributed by atoms with van der Waals surface area (Å²) in [5, 5.41) is 11.9. The van der Waals surface area contributed by atoms with Crippen LogP contribution in [-0.2, 0) is 10.0 Å². The molecule has 180 valence electrons. The Hall–Kier alpha value is -3.96. The summed E-state index contributed by atoms with van der Waals surface area (Å²) in [5.74, 6) is 0.356. The Morgan fingerprint density at radius 2 is 1.60 bits per heavy atom. The zero-order chi connectivity index (χ0) is 25.0. The van der Waals surface area contributed by atoms with Crippen LogP contribution in [0.4, 0.5) is 10.8 Å². The van der Waals surface area contributed by atoms with Crippen LogP contribution in [0.1, 0.15) is 10.4 Å². The number of ether oxygens (including phenoxy) is 2. The van der Waals surface area contributed by atoms with Gasteiger partial charge in [-0.1, -0.05) is 41.7 Å². The lowest BCUT2D eigenvalue weighted by Gasteiger charge is -2.20. The van der Waals surface area contributed by atoms with Gasteiger partial charge < -0.3 is 9.47 Å². The molecule has 9 nitrogen and oxygen atoms in total. The minimum atomic E-state index is -3.87.